The van der Waals surface area contributed by atoms with Crippen molar-refractivity contribution >= 4 is 44.8 Å². The molecule has 0 saturated carbocycles. The zero-order chi connectivity index (χ0) is 22.2. The normalized spacial score (nSPS) is 14.2. The molecule has 32 heavy (non-hydrogen) atoms. The first-order valence-corrected chi connectivity index (χ1v) is 10.7. The molecule has 0 bridgehead atoms. The molecule has 5 rings (SSSR count). The first-order chi connectivity index (χ1) is 15.6. The second kappa shape index (κ2) is 8.09. The summed E-state index contributed by atoms with van der Waals surface area (Å²) in [7, 11) is 0. The second-order valence-electron chi connectivity index (χ2n) is 7.86. The van der Waals surface area contributed by atoms with E-state index in [1.54, 1.807) is 24.5 Å². The van der Waals surface area contributed by atoms with Gasteiger partial charge in [0.15, 0.2) is 0 Å². The van der Waals surface area contributed by atoms with Gasteiger partial charge < -0.3 is 14.9 Å². The molecule has 3 heterocycles. The minimum absolute atomic E-state index is 0.279. The number of nitrogens with one attached hydrogen (secondary N) is 3. The highest BCUT2D eigenvalue weighted by atomic mass is 19.1. The van der Waals surface area contributed by atoms with Gasteiger partial charge in [-0.05, 0) is 31.6 Å². The molecule has 1 aliphatic rings. The van der Waals surface area contributed by atoms with Crippen LogP contribution in [-0.2, 0) is 16.1 Å². The zero-order valence-corrected chi connectivity index (χ0v) is 17.7. The monoisotopic (exact) mass is 430 g/mol. The lowest BCUT2D eigenvalue weighted by Crippen LogP contribution is -2.22. The Labute approximate surface area is 184 Å². The van der Waals surface area contributed by atoms with Crippen LogP contribution in [0.5, 0.6) is 0 Å². The number of nitrogens with zero attached hydrogens (tertiary/aromatic N) is 1. The Morgan fingerprint density at radius 1 is 0.969 bits per heavy atom. The molecule has 3 N–H and O–H groups in total. The molecule has 0 radical (unpaired) electrons. The molecule has 162 valence electrons. The number of benzene rings is 2. The molecule has 0 aliphatic carbocycles. The number of fused-ring (bicyclic) bond motifs is 2. The van der Waals surface area contributed by atoms with Gasteiger partial charge in [0, 0.05) is 46.4 Å². The quantitative estimate of drug-likeness (QED) is 0.308. The molecule has 7 heteroatoms. The highest BCUT2D eigenvalue weighted by Crippen LogP contribution is 2.38. The predicted molar refractivity (Wildman–Crippen MR) is 123 cm³/mol. The van der Waals surface area contributed by atoms with Crippen LogP contribution in [0.1, 0.15) is 24.5 Å². The summed E-state index contributed by atoms with van der Waals surface area (Å²) in [5, 5.41) is 7.18. The van der Waals surface area contributed by atoms with Crippen LogP contribution in [0.4, 0.5) is 4.39 Å². The molecular formula is C25H23FN4O2. The van der Waals surface area contributed by atoms with Gasteiger partial charge in [0.05, 0.1) is 16.7 Å². The number of H-pyrrole nitrogens is 1. The topological polar surface area (TPSA) is 78.9 Å². The Morgan fingerprint density at radius 3 is 2.53 bits per heavy atom. The number of rotatable bonds is 7. The standard InChI is InChI=1S/C25H23FN4O2/c1-2-27-11-6-12-30-14-18(16-8-5-9-19(26)23(16)30)22-21(24(31)29-25(22)32)17-13-28-20-10-4-3-7-15(17)20/h3-5,7-10,13-14,27-28H,2,6,11-12H2,1H3,(H,29,31,32). The van der Waals surface area contributed by atoms with Crippen molar-refractivity contribution < 1.29 is 14.0 Å². The van der Waals surface area contributed by atoms with Gasteiger partial charge in [-0.15, -0.1) is 0 Å². The molecule has 6 nitrogen and oxygen atoms in total. The molecule has 1 aliphatic heterocycles. The maximum atomic E-state index is 14.8. The fourth-order valence-corrected chi connectivity index (χ4v) is 4.49. The number of hydrogen-bond donors (Lipinski definition) is 3. The number of carbonyl (C=O) groups excluding carboxylic acids is 2. The summed E-state index contributed by atoms with van der Waals surface area (Å²) in [5.41, 5.74) is 3.12. The average molecular weight is 430 g/mol. The summed E-state index contributed by atoms with van der Waals surface area (Å²) in [5.74, 6) is -1.26. The van der Waals surface area contributed by atoms with E-state index in [4.69, 9.17) is 0 Å². The fraction of sp³-hybridized carbons (Fsp3) is 0.200. The van der Waals surface area contributed by atoms with Gasteiger partial charge in [-0.3, -0.25) is 14.9 Å². The number of amides is 2. The molecule has 4 aromatic rings. The Morgan fingerprint density at radius 2 is 1.72 bits per heavy atom. The van der Waals surface area contributed by atoms with E-state index < -0.39 is 11.8 Å². The highest BCUT2D eigenvalue weighted by Gasteiger charge is 2.35. The van der Waals surface area contributed by atoms with E-state index in [2.05, 4.69) is 15.6 Å². The lowest BCUT2D eigenvalue weighted by molar-refractivity contribution is -0.122. The van der Waals surface area contributed by atoms with E-state index in [0.717, 1.165) is 30.4 Å². The number of imide groups is 1. The van der Waals surface area contributed by atoms with Crippen molar-refractivity contribution in [3.05, 3.63) is 71.8 Å². The number of aryl methyl sites for hydroxylation is 1. The van der Waals surface area contributed by atoms with E-state index in [9.17, 15) is 14.0 Å². The highest BCUT2D eigenvalue weighted by molar-refractivity contribution is 6.50. The first-order valence-electron chi connectivity index (χ1n) is 10.7. The number of para-hydroxylation sites is 2. The molecule has 0 saturated heterocycles. The second-order valence-corrected chi connectivity index (χ2v) is 7.86. The number of aromatic nitrogens is 2. The summed E-state index contributed by atoms with van der Waals surface area (Å²) in [6.45, 7) is 4.31. The van der Waals surface area contributed by atoms with Crippen molar-refractivity contribution in [1.82, 2.24) is 20.2 Å². The van der Waals surface area contributed by atoms with Crippen molar-refractivity contribution in [2.75, 3.05) is 13.1 Å². The third-order valence-electron chi connectivity index (χ3n) is 5.91. The van der Waals surface area contributed by atoms with Crippen LogP contribution in [0.25, 0.3) is 33.0 Å². The predicted octanol–water partition coefficient (Wildman–Crippen LogP) is 3.83. The largest absolute Gasteiger partial charge is 0.361 e. The summed E-state index contributed by atoms with van der Waals surface area (Å²) < 4.78 is 16.7. The fourth-order valence-electron chi connectivity index (χ4n) is 4.49. The number of carbonyl (C=O) groups is 2. The minimum atomic E-state index is -0.466. The molecule has 2 aromatic heterocycles. The SMILES string of the molecule is CCNCCCn1cc(C2=C(c3c[nH]c4ccccc34)C(=O)NC2=O)c2cccc(F)c21. The van der Waals surface area contributed by atoms with Gasteiger partial charge in [0.1, 0.15) is 5.82 Å². The number of aromatic amines is 1. The Hall–Kier alpha value is -3.71. The van der Waals surface area contributed by atoms with Crippen LogP contribution in [0.2, 0.25) is 0 Å². The van der Waals surface area contributed by atoms with Crippen LogP contribution >= 0.6 is 0 Å². The van der Waals surface area contributed by atoms with Crippen LogP contribution in [-0.4, -0.2) is 34.5 Å². The molecule has 0 spiro atoms. The van der Waals surface area contributed by atoms with E-state index >= 15 is 0 Å². The van der Waals surface area contributed by atoms with Gasteiger partial charge in [-0.1, -0.05) is 37.3 Å². The summed E-state index contributed by atoms with van der Waals surface area (Å²) in [6, 6.07) is 12.5. The number of hydrogen-bond acceptors (Lipinski definition) is 3. The van der Waals surface area contributed by atoms with Crippen molar-refractivity contribution in [1.29, 1.82) is 0 Å². The molecule has 0 unspecified atom stereocenters. The average Bonchev–Trinajstić information content (AvgIpc) is 3.45. The summed E-state index contributed by atoms with van der Waals surface area (Å²) in [6.07, 6.45) is 4.35. The van der Waals surface area contributed by atoms with Crippen LogP contribution < -0.4 is 10.6 Å². The van der Waals surface area contributed by atoms with Crippen molar-refractivity contribution in [2.45, 2.75) is 19.9 Å². The molecular weight excluding hydrogens is 407 g/mol. The minimum Gasteiger partial charge on any atom is -0.361 e. The van der Waals surface area contributed by atoms with E-state index in [0.29, 0.717) is 34.1 Å². The van der Waals surface area contributed by atoms with Crippen LogP contribution in [0, 0.1) is 5.82 Å². The van der Waals surface area contributed by atoms with E-state index in [1.165, 1.54) is 6.07 Å². The summed E-state index contributed by atoms with van der Waals surface area (Å²) in [4.78, 5) is 29.0. The van der Waals surface area contributed by atoms with E-state index in [1.807, 2.05) is 35.8 Å². The van der Waals surface area contributed by atoms with Gasteiger partial charge in [-0.25, -0.2) is 4.39 Å². The number of halogens is 1. The van der Waals surface area contributed by atoms with Crippen LogP contribution in [0.3, 0.4) is 0 Å². The molecule has 0 fully saturated rings. The molecule has 2 aromatic carbocycles. The van der Waals surface area contributed by atoms with Gasteiger partial charge in [0.2, 0.25) is 0 Å². The van der Waals surface area contributed by atoms with Crippen molar-refractivity contribution in [3.63, 3.8) is 0 Å². The summed E-state index contributed by atoms with van der Waals surface area (Å²) >= 11 is 0. The Kier molecular flexibility index (Phi) is 5.11. The van der Waals surface area contributed by atoms with Crippen molar-refractivity contribution in [2.24, 2.45) is 0 Å². The Bertz CT molecular complexity index is 1400. The molecule has 0 atom stereocenters. The maximum Gasteiger partial charge on any atom is 0.259 e. The van der Waals surface area contributed by atoms with Gasteiger partial charge >= 0.3 is 0 Å². The lowest BCUT2D eigenvalue weighted by atomic mass is 9.95. The van der Waals surface area contributed by atoms with Crippen LogP contribution in [0.15, 0.2) is 54.9 Å². The van der Waals surface area contributed by atoms with Gasteiger partial charge in [-0.2, -0.15) is 0 Å². The maximum absolute atomic E-state index is 14.8. The third kappa shape index (κ3) is 3.22. The van der Waals surface area contributed by atoms with Crippen molar-refractivity contribution in [3.8, 4) is 0 Å². The zero-order valence-electron chi connectivity index (χ0n) is 17.7. The molecule has 2 amide bonds. The third-order valence-corrected chi connectivity index (χ3v) is 5.91. The van der Waals surface area contributed by atoms with E-state index in [-0.39, 0.29) is 11.4 Å². The first kappa shape index (κ1) is 20.2. The Balaban J connectivity index is 1.71. The van der Waals surface area contributed by atoms with Gasteiger partial charge in [0.25, 0.3) is 11.8 Å². The smallest absolute Gasteiger partial charge is 0.259 e. The lowest BCUT2D eigenvalue weighted by Gasteiger charge is -2.06.